The molecule has 1 unspecified atom stereocenters. The number of fused-ring (bicyclic) bond motifs is 1. The highest BCUT2D eigenvalue weighted by Crippen LogP contribution is 2.27. The summed E-state index contributed by atoms with van der Waals surface area (Å²) in [5.41, 5.74) is 1.09. The van der Waals surface area contributed by atoms with Gasteiger partial charge in [-0.3, -0.25) is 9.78 Å². The lowest BCUT2D eigenvalue weighted by Crippen LogP contribution is -2.24. The summed E-state index contributed by atoms with van der Waals surface area (Å²) in [5.74, 6) is 0.810. The molecule has 0 saturated carbocycles. The van der Waals surface area contributed by atoms with E-state index in [-0.39, 0.29) is 18.4 Å². The fourth-order valence-electron chi connectivity index (χ4n) is 2.31. The molecule has 20 heavy (non-hydrogen) atoms. The van der Waals surface area contributed by atoms with Gasteiger partial charge in [-0.1, -0.05) is 6.07 Å². The summed E-state index contributed by atoms with van der Waals surface area (Å²) < 4.78 is 6.46. The van der Waals surface area contributed by atoms with Crippen molar-refractivity contribution in [3.63, 3.8) is 0 Å². The molecular formula is C13H15N5O2. The highest BCUT2D eigenvalue weighted by molar-refractivity contribution is 5.71. The van der Waals surface area contributed by atoms with Crippen LogP contribution >= 0.6 is 0 Å². The van der Waals surface area contributed by atoms with Crippen molar-refractivity contribution < 1.29 is 9.53 Å². The van der Waals surface area contributed by atoms with Crippen molar-refractivity contribution in [2.45, 2.75) is 18.9 Å². The number of ether oxygens (including phenoxy) is 1. The fourth-order valence-corrected chi connectivity index (χ4v) is 2.31. The molecule has 2 aromatic heterocycles. The number of methoxy groups -OCH3 is 1. The number of hydrogen-bond donors (Lipinski definition) is 1. The molecule has 0 amide bonds. The highest BCUT2D eigenvalue weighted by Gasteiger charge is 2.25. The van der Waals surface area contributed by atoms with E-state index in [1.807, 2.05) is 23.0 Å². The summed E-state index contributed by atoms with van der Waals surface area (Å²) >= 11 is 0. The number of esters is 1. The Morgan fingerprint density at radius 1 is 1.60 bits per heavy atom. The number of carbonyl (C=O) groups is 1. The molecule has 0 spiro atoms. The standard InChI is InChI=1S/C13H15N5O2/c1-20-12(19)7-11-16-13-15-6-4-10(18(13)17-11)9-3-2-5-14-8-9/h2-3,5,8,10H,4,6-7H2,1H3,(H,15,16,17). The van der Waals surface area contributed by atoms with E-state index >= 15 is 0 Å². The first kappa shape index (κ1) is 12.6. The number of rotatable bonds is 3. The van der Waals surface area contributed by atoms with E-state index in [1.54, 1.807) is 6.20 Å². The third kappa shape index (κ3) is 2.34. The molecule has 1 aliphatic rings. The van der Waals surface area contributed by atoms with Crippen molar-refractivity contribution in [3.05, 3.63) is 35.9 Å². The van der Waals surface area contributed by atoms with Crippen LogP contribution in [-0.2, 0) is 16.0 Å². The second-order valence-corrected chi connectivity index (χ2v) is 4.57. The van der Waals surface area contributed by atoms with Crippen LogP contribution in [0.1, 0.15) is 23.9 Å². The molecule has 1 atom stereocenters. The average Bonchev–Trinajstić information content (AvgIpc) is 2.90. The zero-order valence-electron chi connectivity index (χ0n) is 11.1. The minimum atomic E-state index is -0.342. The summed E-state index contributed by atoms with van der Waals surface area (Å²) in [6.45, 7) is 0.815. The Bertz CT molecular complexity index is 610. The van der Waals surface area contributed by atoms with Gasteiger partial charge in [0, 0.05) is 18.9 Å². The minimum Gasteiger partial charge on any atom is -0.469 e. The molecule has 3 rings (SSSR count). The predicted octanol–water partition coefficient (Wildman–Crippen LogP) is 0.794. The lowest BCUT2D eigenvalue weighted by Gasteiger charge is -2.24. The van der Waals surface area contributed by atoms with Gasteiger partial charge in [-0.25, -0.2) is 4.68 Å². The van der Waals surface area contributed by atoms with E-state index in [4.69, 9.17) is 0 Å². The molecular weight excluding hydrogens is 258 g/mol. The molecule has 104 valence electrons. The summed E-state index contributed by atoms with van der Waals surface area (Å²) in [6.07, 6.45) is 4.56. The molecule has 2 aromatic rings. The van der Waals surface area contributed by atoms with E-state index in [0.29, 0.717) is 11.8 Å². The molecule has 7 nitrogen and oxygen atoms in total. The van der Waals surface area contributed by atoms with Crippen molar-refractivity contribution >= 4 is 11.9 Å². The van der Waals surface area contributed by atoms with Crippen molar-refractivity contribution in [1.82, 2.24) is 19.7 Å². The molecule has 1 aliphatic heterocycles. The lowest BCUT2D eigenvalue weighted by molar-refractivity contribution is -0.139. The Hall–Kier alpha value is -2.44. The number of anilines is 1. The largest absolute Gasteiger partial charge is 0.469 e. The molecule has 0 aliphatic carbocycles. The number of hydrogen-bond acceptors (Lipinski definition) is 6. The van der Waals surface area contributed by atoms with Gasteiger partial charge in [0.25, 0.3) is 0 Å². The van der Waals surface area contributed by atoms with Gasteiger partial charge in [0.05, 0.1) is 13.2 Å². The Morgan fingerprint density at radius 3 is 3.25 bits per heavy atom. The number of pyridine rings is 1. The zero-order chi connectivity index (χ0) is 13.9. The first-order valence-corrected chi connectivity index (χ1v) is 6.44. The maximum Gasteiger partial charge on any atom is 0.313 e. The van der Waals surface area contributed by atoms with E-state index < -0.39 is 0 Å². The number of nitrogens with one attached hydrogen (secondary N) is 1. The molecule has 7 heteroatoms. The summed E-state index contributed by atoms with van der Waals surface area (Å²) in [7, 11) is 1.36. The number of carbonyl (C=O) groups excluding carboxylic acids is 1. The quantitative estimate of drug-likeness (QED) is 0.833. The molecule has 1 N–H and O–H groups in total. The van der Waals surface area contributed by atoms with E-state index in [9.17, 15) is 4.79 Å². The SMILES string of the molecule is COC(=O)Cc1nc2n(n1)C(c1cccnc1)CCN2. The van der Waals surface area contributed by atoms with Crippen LogP contribution in [0, 0.1) is 0 Å². The second-order valence-electron chi connectivity index (χ2n) is 4.57. The van der Waals surface area contributed by atoms with Gasteiger partial charge in [0.1, 0.15) is 6.42 Å². The van der Waals surface area contributed by atoms with E-state index in [0.717, 1.165) is 18.5 Å². The molecule has 0 aromatic carbocycles. The van der Waals surface area contributed by atoms with Crippen molar-refractivity contribution in [1.29, 1.82) is 0 Å². The monoisotopic (exact) mass is 273 g/mol. The molecule has 0 radical (unpaired) electrons. The van der Waals surface area contributed by atoms with Crippen LogP contribution in [0.25, 0.3) is 0 Å². The van der Waals surface area contributed by atoms with Crippen LogP contribution in [0.3, 0.4) is 0 Å². The van der Waals surface area contributed by atoms with Gasteiger partial charge in [0.15, 0.2) is 5.82 Å². The first-order chi connectivity index (χ1) is 9.78. The first-order valence-electron chi connectivity index (χ1n) is 6.44. The highest BCUT2D eigenvalue weighted by atomic mass is 16.5. The molecule has 3 heterocycles. The second kappa shape index (κ2) is 5.28. The van der Waals surface area contributed by atoms with Gasteiger partial charge in [0.2, 0.25) is 5.95 Å². The van der Waals surface area contributed by atoms with Gasteiger partial charge < -0.3 is 10.1 Å². The van der Waals surface area contributed by atoms with E-state index in [2.05, 4.69) is 25.1 Å². The summed E-state index contributed by atoms with van der Waals surface area (Å²) in [6, 6.07) is 4.02. The fraction of sp³-hybridized carbons (Fsp3) is 0.385. The molecule has 0 fully saturated rings. The zero-order valence-corrected chi connectivity index (χ0v) is 11.1. The van der Waals surface area contributed by atoms with E-state index in [1.165, 1.54) is 7.11 Å². The predicted molar refractivity (Wildman–Crippen MR) is 71.2 cm³/mol. The number of nitrogens with zero attached hydrogens (tertiary/aromatic N) is 4. The van der Waals surface area contributed by atoms with Gasteiger partial charge >= 0.3 is 5.97 Å². The third-order valence-electron chi connectivity index (χ3n) is 3.27. The lowest BCUT2D eigenvalue weighted by atomic mass is 10.1. The summed E-state index contributed by atoms with van der Waals surface area (Å²) in [4.78, 5) is 19.8. The van der Waals surface area contributed by atoms with Crippen LogP contribution in [0.15, 0.2) is 24.5 Å². The maximum absolute atomic E-state index is 11.3. The van der Waals surface area contributed by atoms with Crippen LogP contribution in [0.5, 0.6) is 0 Å². The maximum atomic E-state index is 11.3. The van der Waals surface area contributed by atoms with Gasteiger partial charge in [-0.05, 0) is 18.1 Å². The van der Waals surface area contributed by atoms with Crippen LogP contribution in [0.4, 0.5) is 5.95 Å². The third-order valence-corrected chi connectivity index (χ3v) is 3.27. The van der Waals surface area contributed by atoms with Crippen molar-refractivity contribution in [2.24, 2.45) is 0 Å². The van der Waals surface area contributed by atoms with Gasteiger partial charge in [-0.2, -0.15) is 10.1 Å². The Balaban J connectivity index is 1.91. The Kier molecular flexibility index (Phi) is 3.32. The van der Waals surface area contributed by atoms with Gasteiger partial charge in [-0.15, -0.1) is 0 Å². The van der Waals surface area contributed by atoms with Crippen LogP contribution in [-0.4, -0.2) is 39.4 Å². The smallest absolute Gasteiger partial charge is 0.313 e. The topological polar surface area (TPSA) is 81.9 Å². The Morgan fingerprint density at radius 2 is 2.50 bits per heavy atom. The molecule has 0 bridgehead atoms. The molecule has 0 saturated heterocycles. The number of aromatic nitrogens is 4. The Labute approximate surface area is 116 Å². The van der Waals surface area contributed by atoms with Crippen molar-refractivity contribution in [2.75, 3.05) is 19.0 Å². The normalized spacial score (nSPS) is 17.1. The van der Waals surface area contributed by atoms with Crippen LogP contribution < -0.4 is 5.32 Å². The minimum absolute atomic E-state index is 0.0813. The van der Waals surface area contributed by atoms with Crippen molar-refractivity contribution in [3.8, 4) is 0 Å². The summed E-state index contributed by atoms with van der Waals surface area (Å²) in [5, 5.41) is 7.60. The average molecular weight is 273 g/mol. The van der Waals surface area contributed by atoms with Crippen LogP contribution in [0.2, 0.25) is 0 Å².